The Morgan fingerprint density at radius 2 is 1.19 bits per heavy atom. The van der Waals surface area contributed by atoms with Gasteiger partial charge in [0.2, 0.25) is 3.23 Å². The molecule has 0 fully saturated rings. The van der Waals surface area contributed by atoms with Crippen LogP contribution in [0.1, 0.15) is 90.4 Å². The van der Waals surface area contributed by atoms with Gasteiger partial charge in [0.05, 0.1) is 7.11 Å². The third-order valence-corrected chi connectivity index (χ3v) is 13.3. The molecule has 0 aromatic rings. The highest BCUT2D eigenvalue weighted by atomic mass is 79.9. The van der Waals surface area contributed by atoms with Crippen molar-refractivity contribution in [1.29, 1.82) is 0 Å². The summed E-state index contributed by atoms with van der Waals surface area (Å²) in [6, 6.07) is 0. The Kier molecular flexibility index (Phi) is 16.8. The topological polar surface area (TPSA) is 26.3 Å². The number of esters is 1. The van der Waals surface area contributed by atoms with Crippen molar-refractivity contribution in [3.63, 3.8) is 0 Å². The van der Waals surface area contributed by atoms with E-state index < -0.39 is 6.47 Å². The first-order chi connectivity index (χ1) is 12.2. The van der Waals surface area contributed by atoms with E-state index in [0.717, 1.165) is 12.8 Å². The molecule has 1 atom stereocenters. The van der Waals surface area contributed by atoms with Crippen LogP contribution in [0.2, 0.25) is 0 Å². The molecule has 0 aliphatic rings. The van der Waals surface area contributed by atoms with Crippen molar-refractivity contribution in [2.24, 2.45) is 0 Å². The lowest BCUT2D eigenvalue weighted by atomic mass is 10.0. The third kappa shape index (κ3) is 10.6. The van der Waals surface area contributed by atoms with Crippen molar-refractivity contribution >= 4 is 85.6 Å². The highest BCUT2D eigenvalue weighted by Gasteiger charge is 2.55. The number of halogens is 5. The largest absolute Gasteiger partial charge is 0.467 e. The monoisotopic (exact) mass is 688 g/mol. The number of methoxy groups -OCH3 is 1. The van der Waals surface area contributed by atoms with Crippen LogP contribution in [0.5, 0.6) is 0 Å². The smallest absolute Gasteiger partial charge is 0.335 e. The van der Waals surface area contributed by atoms with Gasteiger partial charge in [0.25, 0.3) is 0 Å². The van der Waals surface area contributed by atoms with Gasteiger partial charge in [-0.3, -0.25) is 0 Å². The number of carbonyl (C=O) groups excluding carboxylic acids is 1. The predicted molar refractivity (Wildman–Crippen MR) is 132 cm³/mol. The Morgan fingerprint density at radius 3 is 1.58 bits per heavy atom. The Hall–Kier alpha value is 1.87. The molecule has 0 heterocycles. The van der Waals surface area contributed by atoms with Crippen LogP contribution < -0.4 is 0 Å². The maximum absolute atomic E-state index is 12.0. The number of unbranched alkanes of at least 4 members (excludes halogenated alkanes) is 11. The van der Waals surface area contributed by atoms with Gasteiger partial charge in [-0.25, -0.2) is 4.79 Å². The molecule has 0 N–H and O–H groups in total. The lowest BCUT2D eigenvalue weighted by molar-refractivity contribution is -0.140. The molecule has 1 unspecified atom stereocenters. The van der Waals surface area contributed by atoms with Gasteiger partial charge in [0, 0.05) is 4.83 Å². The Bertz CT molecular complexity index is 375. The number of hydrogen-bond acceptors (Lipinski definition) is 2. The standard InChI is InChI=1S/C19H33Br5O2/c1-3-4-5-6-7-8-9-10-11-12-13-14-15-16(20)18(21,22)19(23,24)17(25)26-2/h16H,3-15H2,1-2H3. The van der Waals surface area contributed by atoms with E-state index in [9.17, 15) is 4.79 Å². The van der Waals surface area contributed by atoms with Crippen molar-refractivity contribution in [1.82, 2.24) is 0 Å². The number of alkyl halides is 5. The van der Waals surface area contributed by atoms with Gasteiger partial charge in [0.15, 0.2) is 0 Å². The summed E-state index contributed by atoms with van der Waals surface area (Å²) in [7, 11) is 1.38. The highest BCUT2D eigenvalue weighted by Crippen LogP contribution is 2.54. The second-order valence-electron chi connectivity index (χ2n) is 6.83. The molecule has 0 bridgehead atoms. The number of ether oxygens (including phenoxy) is 1. The molecule has 2 nitrogen and oxygen atoms in total. The van der Waals surface area contributed by atoms with Crippen LogP contribution in [0.3, 0.4) is 0 Å². The Morgan fingerprint density at radius 1 is 0.808 bits per heavy atom. The number of hydrogen-bond donors (Lipinski definition) is 0. The lowest BCUT2D eigenvalue weighted by Crippen LogP contribution is -2.48. The Balaban J connectivity index is 3.79. The molecule has 0 amide bonds. The average molecular weight is 693 g/mol. The first kappa shape index (κ1) is 27.9. The van der Waals surface area contributed by atoms with E-state index in [1.165, 1.54) is 77.7 Å². The maximum Gasteiger partial charge on any atom is 0.335 e. The fraction of sp³-hybridized carbons (Fsp3) is 0.947. The summed E-state index contributed by atoms with van der Waals surface area (Å²) in [5.41, 5.74) is 0. The first-order valence-electron chi connectivity index (χ1n) is 9.69. The fourth-order valence-electron chi connectivity index (χ4n) is 2.81. The summed E-state index contributed by atoms with van der Waals surface area (Å²) in [5, 5.41) is 0. The minimum absolute atomic E-state index is 0.0657. The second-order valence-corrected chi connectivity index (χ2v) is 14.9. The van der Waals surface area contributed by atoms with Gasteiger partial charge >= 0.3 is 5.97 Å². The molecule has 0 aliphatic carbocycles. The molecule has 0 aromatic carbocycles. The van der Waals surface area contributed by atoms with Crippen LogP contribution in [0, 0.1) is 0 Å². The summed E-state index contributed by atoms with van der Waals surface area (Å²) in [6.45, 7) is 2.27. The molecule has 0 rings (SSSR count). The highest BCUT2D eigenvalue weighted by molar-refractivity contribution is 9.31. The molecular formula is C19H33Br5O2. The van der Waals surface area contributed by atoms with Crippen LogP contribution in [-0.4, -0.2) is 24.4 Å². The van der Waals surface area contributed by atoms with Gasteiger partial charge < -0.3 is 4.74 Å². The third-order valence-electron chi connectivity index (χ3n) is 4.56. The van der Waals surface area contributed by atoms with E-state index in [0.29, 0.717) is 0 Å². The van der Waals surface area contributed by atoms with Crippen molar-refractivity contribution in [3.05, 3.63) is 0 Å². The van der Waals surface area contributed by atoms with E-state index in [1.54, 1.807) is 0 Å². The molecule has 0 aromatic heterocycles. The van der Waals surface area contributed by atoms with Gasteiger partial charge in [0.1, 0.15) is 3.23 Å². The number of rotatable bonds is 16. The van der Waals surface area contributed by atoms with Crippen molar-refractivity contribution in [2.45, 2.75) is 102 Å². The predicted octanol–water partition coefficient (Wildman–Crippen LogP) is 8.99. The molecule has 156 valence electrons. The quantitative estimate of drug-likeness (QED) is 0.0918. The summed E-state index contributed by atoms with van der Waals surface area (Å²) >= 11 is 17.8. The van der Waals surface area contributed by atoms with E-state index >= 15 is 0 Å². The molecule has 7 heteroatoms. The molecule has 0 saturated heterocycles. The summed E-state index contributed by atoms with van der Waals surface area (Å²) < 4.78 is 3.14. The van der Waals surface area contributed by atoms with E-state index in [4.69, 9.17) is 4.74 Å². The molecular weight excluding hydrogens is 660 g/mol. The molecule has 0 aliphatic heterocycles. The summed E-state index contributed by atoms with van der Waals surface area (Å²) in [5.74, 6) is -0.384. The zero-order valence-corrected chi connectivity index (χ0v) is 23.9. The number of carbonyl (C=O) groups is 1. The average Bonchev–Trinajstić information content (AvgIpc) is 2.61. The van der Waals surface area contributed by atoms with Gasteiger partial charge in [-0.15, -0.1) is 0 Å². The van der Waals surface area contributed by atoms with Crippen molar-refractivity contribution in [3.8, 4) is 0 Å². The minimum Gasteiger partial charge on any atom is -0.467 e. The van der Waals surface area contributed by atoms with Crippen molar-refractivity contribution < 1.29 is 9.53 Å². The molecule has 26 heavy (non-hydrogen) atoms. The van der Waals surface area contributed by atoms with Gasteiger partial charge in [-0.2, -0.15) is 0 Å². The van der Waals surface area contributed by atoms with Gasteiger partial charge in [-0.05, 0) is 6.42 Å². The zero-order valence-electron chi connectivity index (χ0n) is 16.0. The van der Waals surface area contributed by atoms with Crippen molar-refractivity contribution in [2.75, 3.05) is 7.11 Å². The molecule has 0 saturated carbocycles. The minimum atomic E-state index is -1.03. The zero-order chi connectivity index (χ0) is 20.1. The summed E-state index contributed by atoms with van der Waals surface area (Å²) in [6.07, 6.45) is 17.0. The first-order valence-corrected chi connectivity index (χ1v) is 13.8. The normalized spacial score (nSPS) is 13.7. The Labute approximate surface area is 202 Å². The van der Waals surface area contributed by atoms with Crippen LogP contribution in [0.25, 0.3) is 0 Å². The van der Waals surface area contributed by atoms with E-state index in [2.05, 4.69) is 86.6 Å². The van der Waals surface area contributed by atoms with E-state index in [-0.39, 0.29) is 10.8 Å². The van der Waals surface area contributed by atoms with Crippen LogP contribution in [-0.2, 0) is 9.53 Å². The van der Waals surface area contributed by atoms with Gasteiger partial charge in [-0.1, -0.05) is 164 Å². The van der Waals surface area contributed by atoms with Crippen LogP contribution >= 0.6 is 79.6 Å². The fourth-order valence-corrected chi connectivity index (χ4v) is 5.75. The maximum atomic E-state index is 12.0. The SMILES string of the molecule is CCCCCCCCCCCCCCC(Br)C(Br)(Br)C(Br)(Br)C(=O)OC. The lowest BCUT2D eigenvalue weighted by Gasteiger charge is -2.35. The second kappa shape index (κ2) is 15.7. The van der Waals surface area contributed by atoms with Crippen LogP contribution in [0.4, 0.5) is 0 Å². The molecule has 0 spiro atoms. The molecule has 0 radical (unpaired) electrons. The van der Waals surface area contributed by atoms with E-state index in [1.807, 2.05) is 0 Å². The van der Waals surface area contributed by atoms with Crippen LogP contribution in [0.15, 0.2) is 0 Å². The summed E-state index contributed by atoms with van der Waals surface area (Å²) in [4.78, 5) is 12.0.